The van der Waals surface area contributed by atoms with Gasteiger partial charge in [-0.2, -0.15) is 0 Å². The highest BCUT2D eigenvalue weighted by Gasteiger charge is 1.87. The molecule has 0 spiro atoms. The smallest absolute Gasteiger partial charge is 0.0395 e. The average molecular weight is 998 g/mol. The van der Waals surface area contributed by atoms with E-state index in [2.05, 4.69) is 229 Å². The van der Waals surface area contributed by atoms with Crippen molar-refractivity contribution in [3.8, 4) is 0 Å². The fourth-order valence-electron chi connectivity index (χ4n) is 3.98. The normalized spacial score (nSPS) is 7.17. The van der Waals surface area contributed by atoms with E-state index in [1.165, 1.54) is 66.8 Å². The molecule has 0 aliphatic heterocycles. The molecular formula is C72H132. The molecule has 72 heavy (non-hydrogen) atoms. The van der Waals surface area contributed by atoms with Gasteiger partial charge in [-0.1, -0.05) is 312 Å². The summed E-state index contributed by atoms with van der Waals surface area (Å²) in [4.78, 5) is 0. The summed E-state index contributed by atoms with van der Waals surface area (Å²) in [6, 6.07) is 50.1. The van der Waals surface area contributed by atoms with Crippen LogP contribution in [-0.4, -0.2) is 0 Å². The lowest BCUT2D eigenvalue weighted by atomic mass is 10.1. The Hall–Kier alpha value is -4.68. The Labute approximate surface area is 459 Å². The number of aryl methyl sites for hydroxylation is 12. The molecular weight excluding hydrogens is 865 g/mol. The van der Waals surface area contributed by atoms with Crippen LogP contribution in [0.3, 0.4) is 0 Å². The summed E-state index contributed by atoms with van der Waals surface area (Å²) in [5, 5.41) is 0. The highest BCUT2D eigenvalue weighted by Crippen LogP contribution is 2.06. The Morgan fingerprint density at radius 3 is 0.181 bits per heavy atom. The first-order valence-electron chi connectivity index (χ1n) is 29.0. The van der Waals surface area contributed by atoms with Crippen LogP contribution in [0.4, 0.5) is 0 Å². The van der Waals surface area contributed by atoms with E-state index in [4.69, 9.17) is 0 Å². The fraction of sp³-hybridized carbons (Fsp3) is 0.500. The van der Waals surface area contributed by atoms with Crippen LogP contribution in [-0.2, 0) is 0 Å². The van der Waals surface area contributed by atoms with E-state index in [-0.39, 0.29) is 0 Å². The molecule has 0 radical (unpaired) electrons. The summed E-state index contributed by atoms with van der Waals surface area (Å²) in [5.74, 6) is 0. The molecule has 6 aromatic carbocycles. The van der Waals surface area contributed by atoms with E-state index in [9.17, 15) is 0 Å². The summed E-state index contributed by atoms with van der Waals surface area (Å²) in [7, 11) is 0. The van der Waals surface area contributed by atoms with Gasteiger partial charge >= 0.3 is 0 Å². The van der Waals surface area contributed by atoms with Gasteiger partial charge in [-0.3, -0.25) is 0 Å². The van der Waals surface area contributed by atoms with Crippen LogP contribution in [0.25, 0.3) is 0 Å². The zero-order chi connectivity index (χ0) is 59.9. The molecule has 0 N–H and O–H groups in total. The van der Waals surface area contributed by atoms with Crippen LogP contribution < -0.4 is 0 Å². The van der Waals surface area contributed by atoms with Crippen molar-refractivity contribution in [2.75, 3.05) is 0 Å². The van der Waals surface area contributed by atoms with Crippen LogP contribution in [0.2, 0.25) is 0 Å². The van der Waals surface area contributed by atoms with Crippen LogP contribution in [0.5, 0.6) is 0 Å². The van der Waals surface area contributed by atoms with E-state index in [1.807, 2.05) is 166 Å². The maximum atomic E-state index is 2.12. The van der Waals surface area contributed by atoms with Crippen molar-refractivity contribution in [1.29, 1.82) is 0 Å². The third kappa shape index (κ3) is 71.9. The topological polar surface area (TPSA) is 0 Å². The minimum Gasteiger partial charge on any atom is -0.0683 e. The standard InChI is InChI=1S/6C8H10.12C2H6/c6*1-7-5-3-4-6-8(7)2;12*1-2/h6*3-6H,1-2H3;12*1-2H3. The quantitative estimate of drug-likeness (QED) is 0.142. The van der Waals surface area contributed by atoms with Gasteiger partial charge in [0.25, 0.3) is 0 Å². The molecule has 6 aromatic rings. The number of benzene rings is 6. The molecule has 0 nitrogen and oxygen atoms in total. The first kappa shape index (κ1) is 96.8. The van der Waals surface area contributed by atoms with Crippen molar-refractivity contribution >= 4 is 0 Å². The average Bonchev–Trinajstić information content (AvgIpc) is 3.47. The van der Waals surface area contributed by atoms with Crippen LogP contribution >= 0.6 is 0 Å². The van der Waals surface area contributed by atoms with Gasteiger partial charge in [0, 0.05) is 0 Å². The molecule has 6 rings (SSSR count). The van der Waals surface area contributed by atoms with Crippen LogP contribution in [0, 0.1) is 83.1 Å². The van der Waals surface area contributed by atoms with Gasteiger partial charge in [-0.25, -0.2) is 0 Å². The predicted octanol–water partition coefficient (Wildman–Crippen LogP) is 26.1. The number of rotatable bonds is 0. The third-order valence-electron chi connectivity index (χ3n) is 8.55. The van der Waals surface area contributed by atoms with Crippen LogP contribution in [0.15, 0.2) is 146 Å². The molecule has 0 fully saturated rings. The Balaban J connectivity index is -0.0000000553. The highest BCUT2D eigenvalue weighted by molar-refractivity contribution is 5.26. The summed E-state index contributed by atoms with van der Waals surface area (Å²) >= 11 is 0. The van der Waals surface area contributed by atoms with Gasteiger partial charge < -0.3 is 0 Å². The lowest BCUT2D eigenvalue weighted by Gasteiger charge is -1.93. The van der Waals surface area contributed by atoms with Crippen molar-refractivity contribution in [3.63, 3.8) is 0 Å². The minimum atomic E-state index is 1.37. The molecule has 0 aliphatic rings. The molecule has 0 atom stereocenters. The second-order valence-electron chi connectivity index (χ2n) is 12.5. The molecule has 0 bridgehead atoms. The van der Waals surface area contributed by atoms with Gasteiger partial charge in [0.2, 0.25) is 0 Å². The number of hydrogen-bond acceptors (Lipinski definition) is 0. The molecule has 0 aliphatic carbocycles. The first-order chi connectivity index (χ1) is 34.8. The molecule has 0 heteroatoms. The fourth-order valence-corrected chi connectivity index (χ4v) is 3.98. The van der Waals surface area contributed by atoms with E-state index in [0.29, 0.717) is 0 Å². The van der Waals surface area contributed by atoms with E-state index < -0.39 is 0 Å². The Kier molecular flexibility index (Phi) is 124. The van der Waals surface area contributed by atoms with Crippen molar-refractivity contribution in [3.05, 3.63) is 212 Å². The maximum Gasteiger partial charge on any atom is -0.0395 e. The molecule has 0 unspecified atom stereocenters. The Bertz CT molecular complexity index is 1270. The molecule has 0 saturated heterocycles. The van der Waals surface area contributed by atoms with Gasteiger partial charge in [0.05, 0.1) is 0 Å². The van der Waals surface area contributed by atoms with Crippen LogP contribution in [0.1, 0.15) is 233 Å². The molecule has 0 heterocycles. The summed E-state index contributed by atoms with van der Waals surface area (Å²) < 4.78 is 0. The summed E-state index contributed by atoms with van der Waals surface area (Å²) in [5.41, 5.74) is 16.4. The molecule has 420 valence electrons. The SMILES string of the molecule is CC.CC.CC.CC.CC.CC.CC.CC.CC.CC.CC.CC.Cc1ccccc1C.Cc1ccccc1C.Cc1ccccc1C.Cc1ccccc1C.Cc1ccccc1C.Cc1ccccc1C. The van der Waals surface area contributed by atoms with Crippen molar-refractivity contribution in [2.45, 2.75) is 249 Å². The monoisotopic (exact) mass is 997 g/mol. The summed E-state index contributed by atoms with van der Waals surface area (Å²) in [6.45, 7) is 73.4. The Morgan fingerprint density at radius 1 is 0.111 bits per heavy atom. The van der Waals surface area contributed by atoms with Crippen molar-refractivity contribution < 1.29 is 0 Å². The van der Waals surface area contributed by atoms with E-state index >= 15 is 0 Å². The second kappa shape index (κ2) is 92.5. The maximum absolute atomic E-state index is 2.12. The van der Waals surface area contributed by atoms with E-state index in [0.717, 1.165) is 0 Å². The van der Waals surface area contributed by atoms with Gasteiger partial charge in [0.1, 0.15) is 0 Å². The number of hydrogen-bond donors (Lipinski definition) is 0. The molecule has 0 saturated carbocycles. The predicted molar refractivity (Wildman–Crippen MR) is 352 cm³/mol. The summed E-state index contributed by atoms with van der Waals surface area (Å²) in [6.07, 6.45) is 0. The van der Waals surface area contributed by atoms with Crippen molar-refractivity contribution in [1.82, 2.24) is 0 Å². The van der Waals surface area contributed by atoms with Gasteiger partial charge in [-0.05, 0) is 150 Å². The minimum absolute atomic E-state index is 1.37. The van der Waals surface area contributed by atoms with E-state index in [1.54, 1.807) is 0 Å². The van der Waals surface area contributed by atoms with Crippen molar-refractivity contribution in [2.24, 2.45) is 0 Å². The largest absolute Gasteiger partial charge is 0.0683 e. The second-order valence-corrected chi connectivity index (χ2v) is 12.5. The molecule has 0 aromatic heterocycles. The lowest BCUT2D eigenvalue weighted by molar-refractivity contribution is 1.34. The first-order valence-corrected chi connectivity index (χ1v) is 29.0. The highest BCUT2D eigenvalue weighted by atomic mass is 13.9. The van der Waals surface area contributed by atoms with Gasteiger partial charge in [-0.15, -0.1) is 0 Å². The zero-order valence-electron chi connectivity index (χ0n) is 55.9. The molecule has 0 amide bonds. The lowest BCUT2D eigenvalue weighted by Crippen LogP contribution is -1.74. The van der Waals surface area contributed by atoms with Gasteiger partial charge in [0.15, 0.2) is 0 Å². The Morgan fingerprint density at radius 2 is 0.153 bits per heavy atom. The zero-order valence-corrected chi connectivity index (χ0v) is 55.9. The third-order valence-corrected chi connectivity index (χ3v) is 8.55.